The fraction of sp³-hybridized carbons (Fsp3) is 0.462. The molecule has 0 spiro atoms. The number of hydrogen-bond acceptors (Lipinski definition) is 5. The summed E-state index contributed by atoms with van der Waals surface area (Å²) in [6, 6.07) is 5.80. The van der Waals surface area contributed by atoms with Crippen molar-refractivity contribution in [2.24, 2.45) is 5.92 Å². The van der Waals surface area contributed by atoms with Crippen molar-refractivity contribution >= 4 is 15.7 Å². The number of nitrogens with two attached hydrogens (primary N) is 1. The van der Waals surface area contributed by atoms with E-state index in [2.05, 4.69) is 4.72 Å². The van der Waals surface area contributed by atoms with E-state index >= 15 is 0 Å². The second kappa shape index (κ2) is 6.70. The molecule has 0 aromatic heterocycles. The third kappa shape index (κ3) is 4.49. The van der Waals surface area contributed by atoms with E-state index in [0.717, 1.165) is 0 Å². The number of nitrogen functional groups attached to an aromatic ring is 1. The molecule has 6 nitrogen and oxygen atoms in total. The number of aliphatic hydroxyl groups excluding tert-OH is 1. The van der Waals surface area contributed by atoms with Gasteiger partial charge in [0.25, 0.3) is 0 Å². The van der Waals surface area contributed by atoms with Gasteiger partial charge in [-0.05, 0) is 30.5 Å². The third-order valence-corrected chi connectivity index (χ3v) is 4.15. The summed E-state index contributed by atoms with van der Waals surface area (Å²) in [5.41, 5.74) is 5.82. The summed E-state index contributed by atoms with van der Waals surface area (Å²) in [4.78, 5) is -0.133. The Morgan fingerprint density at radius 1 is 1.45 bits per heavy atom. The minimum absolute atomic E-state index is 0.0177. The predicted molar refractivity (Wildman–Crippen MR) is 76.2 cm³/mol. The second-order valence-corrected chi connectivity index (χ2v) is 6.74. The van der Waals surface area contributed by atoms with Crippen molar-refractivity contribution in [3.8, 4) is 6.07 Å². The number of rotatable bonds is 6. The number of anilines is 1. The van der Waals surface area contributed by atoms with Crippen LogP contribution in [0.1, 0.15) is 25.8 Å². The van der Waals surface area contributed by atoms with Gasteiger partial charge in [-0.1, -0.05) is 13.8 Å². The number of aliphatic hydroxyl groups is 1. The number of nitriles is 1. The molecule has 0 aliphatic heterocycles. The average Bonchev–Trinajstić information content (AvgIpc) is 2.35. The molecule has 7 heteroatoms. The molecule has 1 unspecified atom stereocenters. The first-order chi connectivity index (χ1) is 9.26. The van der Waals surface area contributed by atoms with Gasteiger partial charge in [-0.3, -0.25) is 0 Å². The van der Waals surface area contributed by atoms with Crippen LogP contribution in [0.3, 0.4) is 0 Å². The van der Waals surface area contributed by atoms with E-state index in [1.54, 1.807) is 6.07 Å². The van der Waals surface area contributed by atoms with Crippen LogP contribution in [0, 0.1) is 17.2 Å². The maximum atomic E-state index is 12.1. The van der Waals surface area contributed by atoms with Gasteiger partial charge in [0.15, 0.2) is 0 Å². The third-order valence-electron chi connectivity index (χ3n) is 2.67. The van der Waals surface area contributed by atoms with Crippen LogP contribution in [-0.2, 0) is 10.0 Å². The lowest BCUT2D eigenvalue weighted by Crippen LogP contribution is -2.33. The van der Waals surface area contributed by atoms with Gasteiger partial charge in [-0.15, -0.1) is 0 Å². The Bertz CT molecular complexity index is 606. The number of nitrogens with one attached hydrogen (secondary N) is 1. The summed E-state index contributed by atoms with van der Waals surface area (Å²) in [5.74, 6) is 0.265. The van der Waals surface area contributed by atoms with Gasteiger partial charge in [0, 0.05) is 12.2 Å². The fourth-order valence-corrected chi connectivity index (χ4v) is 2.99. The van der Waals surface area contributed by atoms with Gasteiger partial charge in [-0.2, -0.15) is 5.26 Å². The molecule has 0 bridgehead atoms. The highest BCUT2D eigenvalue weighted by Crippen LogP contribution is 2.18. The molecule has 20 heavy (non-hydrogen) atoms. The lowest BCUT2D eigenvalue weighted by Gasteiger charge is -2.14. The largest absolute Gasteiger partial charge is 0.399 e. The van der Waals surface area contributed by atoms with Crippen molar-refractivity contribution in [2.45, 2.75) is 31.3 Å². The molecule has 0 fully saturated rings. The van der Waals surface area contributed by atoms with Gasteiger partial charge >= 0.3 is 0 Å². The van der Waals surface area contributed by atoms with Crippen molar-refractivity contribution in [3.05, 3.63) is 23.8 Å². The van der Waals surface area contributed by atoms with E-state index in [1.807, 2.05) is 13.8 Å². The monoisotopic (exact) mass is 297 g/mol. The number of nitrogens with zero attached hydrogens (tertiary/aromatic N) is 1. The molecule has 110 valence electrons. The SMILES string of the molecule is CC(C)CC(O)CNS(=O)(=O)c1ccc(N)cc1C#N. The normalized spacial score (nSPS) is 13.2. The Kier molecular flexibility index (Phi) is 5.51. The lowest BCUT2D eigenvalue weighted by molar-refractivity contribution is 0.152. The molecular weight excluding hydrogens is 278 g/mol. The number of hydrogen-bond donors (Lipinski definition) is 3. The van der Waals surface area contributed by atoms with Crippen molar-refractivity contribution in [3.63, 3.8) is 0 Å². The number of sulfonamides is 1. The quantitative estimate of drug-likeness (QED) is 0.672. The van der Waals surface area contributed by atoms with E-state index in [4.69, 9.17) is 11.0 Å². The van der Waals surface area contributed by atoms with Gasteiger partial charge in [0.05, 0.1) is 16.6 Å². The average molecular weight is 297 g/mol. The van der Waals surface area contributed by atoms with Crippen LogP contribution in [-0.4, -0.2) is 26.2 Å². The molecule has 0 saturated carbocycles. The topological polar surface area (TPSA) is 116 Å². The maximum Gasteiger partial charge on any atom is 0.241 e. The zero-order chi connectivity index (χ0) is 15.3. The van der Waals surface area contributed by atoms with E-state index < -0.39 is 16.1 Å². The highest BCUT2D eigenvalue weighted by atomic mass is 32.2. The fourth-order valence-electron chi connectivity index (χ4n) is 1.78. The number of benzene rings is 1. The van der Waals surface area contributed by atoms with Crippen molar-refractivity contribution < 1.29 is 13.5 Å². The minimum atomic E-state index is -3.84. The van der Waals surface area contributed by atoms with Crippen LogP contribution in [0.2, 0.25) is 0 Å². The predicted octanol–water partition coefficient (Wildman–Crippen LogP) is 0.826. The molecule has 0 radical (unpaired) electrons. The van der Waals surface area contributed by atoms with Crippen LogP contribution in [0.5, 0.6) is 0 Å². The van der Waals surface area contributed by atoms with E-state index in [-0.39, 0.29) is 22.9 Å². The summed E-state index contributed by atoms with van der Waals surface area (Å²) in [6.07, 6.45) is -0.265. The van der Waals surface area contributed by atoms with Crippen molar-refractivity contribution in [1.82, 2.24) is 4.72 Å². The second-order valence-electron chi connectivity index (χ2n) is 5.00. The van der Waals surface area contributed by atoms with Gasteiger partial charge < -0.3 is 10.8 Å². The Morgan fingerprint density at radius 3 is 2.65 bits per heavy atom. The van der Waals surface area contributed by atoms with Gasteiger partial charge in [0.1, 0.15) is 6.07 Å². The Balaban J connectivity index is 2.87. The zero-order valence-electron chi connectivity index (χ0n) is 11.5. The van der Waals surface area contributed by atoms with Crippen LogP contribution in [0.25, 0.3) is 0 Å². The molecule has 1 atom stereocenters. The first kappa shape index (κ1) is 16.4. The molecule has 1 aromatic rings. The summed E-state index contributed by atoms with van der Waals surface area (Å²) in [7, 11) is -3.84. The standard InChI is InChI=1S/C13H19N3O3S/c1-9(2)5-12(17)8-16-20(18,19)13-4-3-11(15)6-10(13)7-14/h3-4,6,9,12,16-17H,5,8,15H2,1-2H3. The Hall–Kier alpha value is -1.62. The minimum Gasteiger partial charge on any atom is -0.399 e. The smallest absolute Gasteiger partial charge is 0.241 e. The van der Waals surface area contributed by atoms with Gasteiger partial charge in [0.2, 0.25) is 10.0 Å². The van der Waals surface area contributed by atoms with E-state index in [9.17, 15) is 13.5 Å². The van der Waals surface area contributed by atoms with E-state index in [1.165, 1.54) is 18.2 Å². The molecule has 1 aromatic carbocycles. The highest BCUT2D eigenvalue weighted by Gasteiger charge is 2.20. The molecule has 0 heterocycles. The molecule has 4 N–H and O–H groups in total. The molecule has 1 rings (SSSR count). The van der Waals surface area contributed by atoms with Crippen LogP contribution in [0.15, 0.2) is 23.1 Å². The lowest BCUT2D eigenvalue weighted by atomic mass is 10.1. The van der Waals surface area contributed by atoms with Crippen LogP contribution in [0.4, 0.5) is 5.69 Å². The van der Waals surface area contributed by atoms with Crippen LogP contribution >= 0.6 is 0 Å². The zero-order valence-corrected chi connectivity index (χ0v) is 12.3. The van der Waals surface area contributed by atoms with Crippen molar-refractivity contribution in [2.75, 3.05) is 12.3 Å². The van der Waals surface area contributed by atoms with Crippen LogP contribution < -0.4 is 10.5 Å². The summed E-state index contributed by atoms with van der Waals surface area (Å²) >= 11 is 0. The summed E-state index contributed by atoms with van der Waals surface area (Å²) in [6.45, 7) is 3.78. The molecular formula is C13H19N3O3S. The van der Waals surface area contributed by atoms with Gasteiger partial charge in [-0.25, -0.2) is 13.1 Å². The molecule has 0 aliphatic rings. The summed E-state index contributed by atoms with van der Waals surface area (Å²) in [5, 5.41) is 18.6. The van der Waals surface area contributed by atoms with E-state index in [0.29, 0.717) is 12.1 Å². The first-order valence-corrected chi connectivity index (χ1v) is 7.72. The Morgan fingerprint density at radius 2 is 2.10 bits per heavy atom. The Labute approximate surface area is 119 Å². The molecule has 0 aliphatic carbocycles. The summed E-state index contributed by atoms with van der Waals surface area (Å²) < 4.78 is 26.5. The first-order valence-electron chi connectivity index (χ1n) is 6.23. The van der Waals surface area contributed by atoms with Crippen molar-refractivity contribution in [1.29, 1.82) is 5.26 Å². The maximum absolute atomic E-state index is 12.1. The highest BCUT2D eigenvalue weighted by molar-refractivity contribution is 7.89. The molecule has 0 saturated heterocycles. The molecule has 0 amide bonds.